The minimum absolute atomic E-state index is 0.108. The summed E-state index contributed by atoms with van der Waals surface area (Å²) >= 11 is 5.46. The summed E-state index contributed by atoms with van der Waals surface area (Å²) in [4.78, 5) is 11.2. The number of halogens is 1. The molecule has 0 aromatic rings. The Morgan fingerprint density at radius 3 is 1.91 bits per heavy atom. The maximum Gasteiger partial charge on any atom is 0.305 e. The van der Waals surface area contributed by atoms with Crippen LogP contribution in [0.3, 0.4) is 0 Å². The predicted molar refractivity (Wildman–Crippen MR) is 101 cm³/mol. The topological polar surface area (TPSA) is 26.3 Å². The van der Waals surface area contributed by atoms with Gasteiger partial charge in [0.15, 0.2) is 0 Å². The number of carbonyl (C=O) groups is 1. The number of ether oxygens (including phenoxy) is 1. The summed E-state index contributed by atoms with van der Waals surface area (Å²) in [6.07, 6.45) is 21.8. The fraction of sp³-hybridized carbons (Fsp3) is 0.850. The number of rotatable bonds is 17. The molecular formula is C20H37ClO2. The molecule has 0 heterocycles. The quantitative estimate of drug-likeness (QED) is 0.125. The fourth-order valence-corrected chi connectivity index (χ4v) is 2.64. The molecule has 0 amide bonds. The Hall–Kier alpha value is -0.500. The summed E-state index contributed by atoms with van der Waals surface area (Å²) in [6, 6.07) is 0. The van der Waals surface area contributed by atoms with E-state index in [-0.39, 0.29) is 5.97 Å². The van der Waals surface area contributed by atoms with Crippen molar-refractivity contribution in [2.45, 2.75) is 96.8 Å². The number of allylic oxidation sites excluding steroid dienone is 2. The van der Waals surface area contributed by atoms with Crippen molar-refractivity contribution in [3.05, 3.63) is 12.2 Å². The molecule has 0 bridgehead atoms. The SMILES string of the molecule is CCCCCCCCC=CCCCCCCCC(=O)OCCCl. The molecule has 0 atom stereocenters. The second-order valence-corrected chi connectivity index (χ2v) is 6.62. The first-order valence-corrected chi connectivity index (χ1v) is 10.2. The number of hydrogen-bond acceptors (Lipinski definition) is 2. The summed E-state index contributed by atoms with van der Waals surface area (Å²) in [5, 5.41) is 0. The maximum atomic E-state index is 11.2. The summed E-state index contributed by atoms with van der Waals surface area (Å²) in [7, 11) is 0. The molecule has 0 N–H and O–H groups in total. The van der Waals surface area contributed by atoms with Crippen LogP contribution in [0.2, 0.25) is 0 Å². The Morgan fingerprint density at radius 1 is 0.826 bits per heavy atom. The summed E-state index contributed by atoms with van der Waals surface area (Å²) in [5.41, 5.74) is 0. The lowest BCUT2D eigenvalue weighted by molar-refractivity contribution is -0.143. The van der Waals surface area contributed by atoms with Gasteiger partial charge < -0.3 is 4.74 Å². The van der Waals surface area contributed by atoms with Crippen molar-refractivity contribution in [1.82, 2.24) is 0 Å². The van der Waals surface area contributed by atoms with Crippen molar-refractivity contribution in [3.63, 3.8) is 0 Å². The maximum absolute atomic E-state index is 11.2. The van der Waals surface area contributed by atoms with Crippen LogP contribution in [0.5, 0.6) is 0 Å². The lowest BCUT2D eigenvalue weighted by Gasteiger charge is -2.02. The third-order valence-electron chi connectivity index (χ3n) is 3.98. The van der Waals surface area contributed by atoms with Crippen LogP contribution in [-0.4, -0.2) is 18.5 Å². The lowest BCUT2D eigenvalue weighted by Crippen LogP contribution is -2.06. The van der Waals surface area contributed by atoms with Crippen LogP contribution in [0.25, 0.3) is 0 Å². The van der Waals surface area contributed by atoms with Crippen molar-refractivity contribution in [3.8, 4) is 0 Å². The molecule has 0 rings (SSSR count). The van der Waals surface area contributed by atoms with Gasteiger partial charge in [-0.2, -0.15) is 0 Å². The highest BCUT2D eigenvalue weighted by Gasteiger charge is 2.01. The second-order valence-electron chi connectivity index (χ2n) is 6.24. The van der Waals surface area contributed by atoms with Crippen molar-refractivity contribution < 1.29 is 9.53 Å². The normalized spacial score (nSPS) is 11.2. The minimum Gasteiger partial charge on any atom is -0.464 e. The van der Waals surface area contributed by atoms with Crippen LogP contribution in [0.15, 0.2) is 12.2 Å². The van der Waals surface area contributed by atoms with Gasteiger partial charge in [-0.15, -0.1) is 11.6 Å². The molecule has 0 spiro atoms. The monoisotopic (exact) mass is 344 g/mol. The van der Waals surface area contributed by atoms with Crippen LogP contribution in [0.4, 0.5) is 0 Å². The molecule has 136 valence electrons. The summed E-state index contributed by atoms with van der Waals surface area (Å²) in [5.74, 6) is 0.279. The van der Waals surface area contributed by atoms with E-state index in [1.807, 2.05) is 0 Å². The van der Waals surface area contributed by atoms with E-state index in [0.717, 1.165) is 12.8 Å². The zero-order valence-corrected chi connectivity index (χ0v) is 15.9. The van der Waals surface area contributed by atoms with Crippen LogP contribution in [0, 0.1) is 0 Å². The number of esters is 1. The van der Waals surface area contributed by atoms with E-state index in [1.54, 1.807) is 0 Å². The van der Waals surface area contributed by atoms with Gasteiger partial charge in [-0.25, -0.2) is 0 Å². The Labute approximate surface area is 149 Å². The molecular weight excluding hydrogens is 308 g/mol. The van der Waals surface area contributed by atoms with E-state index in [0.29, 0.717) is 18.9 Å². The van der Waals surface area contributed by atoms with Crippen molar-refractivity contribution >= 4 is 17.6 Å². The third kappa shape index (κ3) is 19.5. The first kappa shape index (κ1) is 22.5. The number of unbranched alkanes of at least 4 members (excludes halogenated alkanes) is 11. The highest BCUT2D eigenvalue weighted by Crippen LogP contribution is 2.10. The van der Waals surface area contributed by atoms with Gasteiger partial charge >= 0.3 is 5.97 Å². The van der Waals surface area contributed by atoms with Gasteiger partial charge in [0.05, 0.1) is 5.88 Å². The Balaban J connectivity index is 3.14. The van der Waals surface area contributed by atoms with Gasteiger partial charge in [0.25, 0.3) is 0 Å². The highest BCUT2D eigenvalue weighted by molar-refractivity contribution is 6.18. The Bertz CT molecular complexity index is 277. The smallest absolute Gasteiger partial charge is 0.305 e. The zero-order chi connectivity index (χ0) is 17.0. The lowest BCUT2D eigenvalue weighted by atomic mass is 10.1. The number of alkyl halides is 1. The largest absolute Gasteiger partial charge is 0.464 e. The molecule has 23 heavy (non-hydrogen) atoms. The second kappa shape index (κ2) is 19.5. The molecule has 0 fully saturated rings. The zero-order valence-electron chi connectivity index (χ0n) is 15.2. The summed E-state index contributed by atoms with van der Waals surface area (Å²) < 4.78 is 4.93. The highest BCUT2D eigenvalue weighted by atomic mass is 35.5. The van der Waals surface area contributed by atoms with Crippen LogP contribution in [0.1, 0.15) is 96.8 Å². The first-order valence-electron chi connectivity index (χ1n) is 9.67. The molecule has 0 unspecified atom stereocenters. The van der Waals surface area contributed by atoms with Gasteiger partial charge in [0.2, 0.25) is 0 Å². The summed E-state index contributed by atoms with van der Waals surface area (Å²) in [6.45, 7) is 2.60. The molecule has 0 saturated heterocycles. The Morgan fingerprint density at radius 2 is 1.35 bits per heavy atom. The van der Waals surface area contributed by atoms with Gasteiger partial charge in [0.1, 0.15) is 6.61 Å². The average Bonchev–Trinajstić information content (AvgIpc) is 2.56. The molecule has 3 heteroatoms. The van der Waals surface area contributed by atoms with Crippen LogP contribution >= 0.6 is 11.6 Å². The van der Waals surface area contributed by atoms with E-state index in [1.165, 1.54) is 70.6 Å². The van der Waals surface area contributed by atoms with E-state index in [9.17, 15) is 4.79 Å². The van der Waals surface area contributed by atoms with E-state index in [2.05, 4.69) is 19.1 Å². The van der Waals surface area contributed by atoms with Gasteiger partial charge in [-0.1, -0.05) is 70.4 Å². The molecule has 0 aliphatic rings. The molecule has 0 aliphatic heterocycles. The minimum atomic E-state index is -0.108. The average molecular weight is 345 g/mol. The molecule has 0 saturated carbocycles. The van der Waals surface area contributed by atoms with E-state index in [4.69, 9.17) is 16.3 Å². The van der Waals surface area contributed by atoms with Gasteiger partial charge in [0, 0.05) is 6.42 Å². The molecule has 0 aromatic heterocycles. The van der Waals surface area contributed by atoms with Crippen LogP contribution in [-0.2, 0) is 9.53 Å². The Kier molecular flexibility index (Phi) is 19.1. The van der Waals surface area contributed by atoms with Crippen LogP contribution < -0.4 is 0 Å². The van der Waals surface area contributed by atoms with Gasteiger partial charge in [-0.05, 0) is 32.1 Å². The number of hydrogen-bond donors (Lipinski definition) is 0. The van der Waals surface area contributed by atoms with Crippen molar-refractivity contribution in [2.24, 2.45) is 0 Å². The molecule has 0 aliphatic carbocycles. The third-order valence-corrected chi connectivity index (χ3v) is 4.14. The van der Waals surface area contributed by atoms with E-state index >= 15 is 0 Å². The van der Waals surface area contributed by atoms with E-state index < -0.39 is 0 Å². The molecule has 2 nitrogen and oxygen atoms in total. The standard InChI is InChI=1S/C20H37ClO2/c1-2-3-4-5-6-7-8-9-10-11-12-13-14-15-16-17-20(22)23-19-18-21/h9-10H,2-8,11-19H2,1H3. The molecule has 0 radical (unpaired) electrons. The fourth-order valence-electron chi connectivity index (χ4n) is 2.56. The number of carbonyl (C=O) groups excluding carboxylic acids is 1. The molecule has 0 aromatic carbocycles. The van der Waals surface area contributed by atoms with Crippen molar-refractivity contribution in [2.75, 3.05) is 12.5 Å². The first-order chi connectivity index (χ1) is 11.3. The predicted octanol–water partition coefficient (Wildman–Crippen LogP) is 6.81. The van der Waals surface area contributed by atoms with Gasteiger partial charge in [-0.3, -0.25) is 4.79 Å². The van der Waals surface area contributed by atoms with Crippen molar-refractivity contribution in [1.29, 1.82) is 0 Å².